The summed E-state index contributed by atoms with van der Waals surface area (Å²) in [6.45, 7) is -0.279. The summed E-state index contributed by atoms with van der Waals surface area (Å²) in [5, 5.41) is 8.16. The molecule has 27 heavy (non-hydrogen) atoms. The quantitative estimate of drug-likeness (QED) is 0.476. The molecule has 0 saturated heterocycles. The predicted molar refractivity (Wildman–Crippen MR) is 102 cm³/mol. The topological polar surface area (TPSA) is 137 Å². The zero-order valence-electron chi connectivity index (χ0n) is 14.2. The molecule has 2 rings (SSSR count). The first-order valence-electron chi connectivity index (χ1n) is 7.84. The van der Waals surface area contributed by atoms with Gasteiger partial charge in [-0.15, -0.1) is 0 Å². The maximum Gasteiger partial charge on any atom is 0.266 e. The van der Waals surface area contributed by atoms with Gasteiger partial charge in [0.1, 0.15) is 0 Å². The van der Waals surface area contributed by atoms with Gasteiger partial charge in [0.15, 0.2) is 0 Å². The van der Waals surface area contributed by atoms with Crippen LogP contribution in [-0.2, 0) is 20.2 Å². The zero-order valence-corrected chi connectivity index (χ0v) is 15.8. The van der Waals surface area contributed by atoms with Gasteiger partial charge in [-0.1, -0.05) is 18.2 Å². The first-order valence-corrected chi connectivity index (χ1v) is 11.1. The van der Waals surface area contributed by atoms with E-state index in [2.05, 4.69) is 10.2 Å². The van der Waals surface area contributed by atoms with E-state index in [1.807, 2.05) is 18.2 Å². The van der Waals surface area contributed by atoms with Crippen LogP contribution in [0.5, 0.6) is 0 Å². The molecule has 11 heteroatoms. The summed E-state index contributed by atoms with van der Waals surface area (Å²) in [5.74, 6) is -1.15. The lowest BCUT2D eigenvalue weighted by Crippen LogP contribution is -2.33. The molecule has 2 N–H and O–H groups in total. The molecule has 0 radical (unpaired) electrons. The standard InChI is InChI=1S/C16H19N3O6S2/c20-26(21,22)12-10-19(11-13-27(23,24)25)16-8-6-15(7-9-16)18-17-14-4-2-1-3-5-14/h1-9H,10-13H2,(H,20,21,22)(H,23,24,25). The van der Waals surface area contributed by atoms with E-state index in [0.29, 0.717) is 17.1 Å². The molecular formula is C16H19N3O6S2. The van der Waals surface area contributed by atoms with Crippen molar-refractivity contribution in [2.45, 2.75) is 0 Å². The molecule has 2 aromatic rings. The molecule has 146 valence electrons. The molecule has 0 aliphatic heterocycles. The molecular weight excluding hydrogens is 394 g/mol. The van der Waals surface area contributed by atoms with E-state index >= 15 is 0 Å². The third kappa shape index (κ3) is 8.26. The van der Waals surface area contributed by atoms with Gasteiger partial charge in [-0.3, -0.25) is 9.11 Å². The molecule has 0 aliphatic rings. The van der Waals surface area contributed by atoms with Crippen LogP contribution in [0.1, 0.15) is 0 Å². The van der Waals surface area contributed by atoms with Gasteiger partial charge in [0.25, 0.3) is 20.2 Å². The predicted octanol–water partition coefficient (Wildman–Crippen LogP) is 2.68. The van der Waals surface area contributed by atoms with Gasteiger partial charge < -0.3 is 4.90 Å². The summed E-state index contributed by atoms with van der Waals surface area (Å²) in [6, 6.07) is 15.6. The Hall–Kier alpha value is -2.34. The Labute approximate surface area is 157 Å². The van der Waals surface area contributed by atoms with Crippen LogP contribution in [-0.4, -0.2) is 50.5 Å². The molecule has 0 bridgehead atoms. The van der Waals surface area contributed by atoms with Crippen molar-refractivity contribution in [2.24, 2.45) is 10.2 Å². The van der Waals surface area contributed by atoms with E-state index in [9.17, 15) is 16.8 Å². The first-order chi connectivity index (χ1) is 12.6. The van der Waals surface area contributed by atoms with E-state index in [0.717, 1.165) is 0 Å². The summed E-state index contributed by atoms with van der Waals surface area (Å²) >= 11 is 0. The first kappa shape index (κ1) is 21.0. The maximum atomic E-state index is 11.0. The molecule has 0 amide bonds. The van der Waals surface area contributed by atoms with E-state index in [1.165, 1.54) is 4.90 Å². The van der Waals surface area contributed by atoms with Crippen LogP contribution in [0.15, 0.2) is 64.8 Å². The monoisotopic (exact) mass is 413 g/mol. The second kappa shape index (κ2) is 9.04. The molecule has 0 spiro atoms. The molecule has 0 unspecified atom stereocenters. The molecule has 9 nitrogen and oxygen atoms in total. The fourth-order valence-corrected chi connectivity index (χ4v) is 3.06. The number of azo groups is 1. The van der Waals surface area contributed by atoms with Gasteiger partial charge >= 0.3 is 0 Å². The highest BCUT2D eigenvalue weighted by Crippen LogP contribution is 2.22. The van der Waals surface area contributed by atoms with Gasteiger partial charge in [-0.05, 0) is 36.4 Å². The van der Waals surface area contributed by atoms with Crippen LogP contribution in [0.25, 0.3) is 0 Å². The van der Waals surface area contributed by atoms with Gasteiger partial charge in [0, 0.05) is 18.8 Å². The number of anilines is 1. The third-order valence-electron chi connectivity index (χ3n) is 3.49. The van der Waals surface area contributed by atoms with Crippen LogP contribution in [0.2, 0.25) is 0 Å². The summed E-state index contributed by atoms with van der Waals surface area (Å²) < 4.78 is 61.7. The Morgan fingerprint density at radius 3 is 1.59 bits per heavy atom. The minimum absolute atomic E-state index is 0.140. The highest BCUT2D eigenvalue weighted by atomic mass is 32.2. The zero-order chi connectivity index (χ0) is 19.9. The van der Waals surface area contributed by atoms with Gasteiger partial charge in [0.2, 0.25) is 0 Å². The second-order valence-corrected chi connectivity index (χ2v) is 8.76. The molecule has 0 atom stereocenters. The Morgan fingerprint density at radius 1 is 0.704 bits per heavy atom. The molecule has 0 saturated carbocycles. The lowest BCUT2D eigenvalue weighted by atomic mass is 10.2. The molecule has 0 aliphatic carbocycles. The largest absolute Gasteiger partial charge is 0.369 e. The SMILES string of the molecule is O=S(=O)(O)CCN(CCS(=O)(=O)O)c1ccc(N=Nc2ccccc2)cc1. The smallest absolute Gasteiger partial charge is 0.266 e. The molecule has 0 aromatic heterocycles. The Kier molecular flexibility index (Phi) is 7.02. The van der Waals surface area contributed by atoms with E-state index in [-0.39, 0.29) is 13.1 Å². The maximum absolute atomic E-state index is 11.0. The summed E-state index contributed by atoms with van der Waals surface area (Å²) in [6.07, 6.45) is 0. The summed E-state index contributed by atoms with van der Waals surface area (Å²) in [5.41, 5.74) is 1.75. The fourth-order valence-electron chi connectivity index (χ4n) is 2.16. The lowest BCUT2D eigenvalue weighted by Gasteiger charge is -2.23. The summed E-state index contributed by atoms with van der Waals surface area (Å²) in [7, 11) is -8.43. The van der Waals surface area contributed by atoms with Crippen LogP contribution < -0.4 is 4.90 Å². The highest BCUT2D eigenvalue weighted by Gasteiger charge is 2.15. The fraction of sp³-hybridized carbons (Fsp3) is 0.250. The van der Waals surface area contributed by atoms with E-state index in [1.54, 1.807) is 36.4 Å². The van der Waals surface area contributed by atoms with Crippen molar-refractivity contribution in [3.05, 3.63) is 54.6 Å². The van der Waals surface area contributed by atoms with Gasteiger partial charge in [-0.2, -0.15) is 27.1 Å². The minimum Gasteiger partial charge on any atom is -0.369 e. The van der Waals surface area contributed by atoms with Crippen molar-refractivity contribution < 1.29 is 25.9 Å². The summed E-state index contributed by atoms with van der Waals surface area (Å²) in [4.78, 5) is 1.43. The van der Waals surface area contributed by atoms with Crippen LogP contribution in [0.4, 0.5) is 17.1 Å². The Morgan fingerprint density at radius 2 is 1.15 bits per heavy atom. The van der Waals surface area contributed by atoms with Crippen molar-refractivity contribution in [3.63, 3.8) is 0 Å². The molecule has 2 aromatic carbocycles. The number of hydrogen-bond acceptors (Lipinski definition) is 7. The van der Waals surface area contributed by atoms with E-state index in [4.69, 9.17) is 9.11 Å². The number of nitrogens with zero attached hydrogens (tertiary/aromatic N) is 3. The van der Waals surface area contributed by atoms with Crippen molar-refractivity contribution >= 4 is 37.3 Å². The second-order valence-electron chi connectivity index (χ2n) is 5.61. The van der Waals surface area contributed by atoms with Crippen LogP contribution in [0.3, 0.4) is 0 Å². The molecule has 0 fully saturated rings. The lowest BCUT2D eigenvalue weighted by molar-refractivity contribution is 0.482. The Balaban J connectivity index is 2.13. The van der Waals surface area contributed by atoms with Crippen LogP contribution in [0, 0.1) is 0 Å². The van der Waals surface area contributed by atoms with E-state index < -0.39 is 31.7 Å². The minimum atomic E-state index is -4.22. The average molecular weight is 413 g/mol. The van der Waals surface area contributed by atoms with Crippen LogP contribution >= 0.6 is 0 Å². The Bertz CT molecular complexity index is 939. The van der Waals surface area contributed by atoms with Crippen molar-refractivity contribution in [3.8, 4) is 0 Å². The third-order valence-corrected chi connectivity index (χ3v) is 4.89. The number of hydrogen-bond donors (Lipinski definition) is 2. The average Bonchev–Trinajstić information content (AvgIpc) is 2.60. The van der Waals surface area contributed by atoms with Crippen molar-refractivity contribution in [1.29, 1.82) is 0 Å². The number of benzene rings is 2. The molecule has 0 heterocycles. The van der Waals surface area contributed by atoms with Crippen molar-refractivity contribution in [2.75, 3.05) is 29.5 Å². The van der Waals surface area contributed by atoms with Crippen molar-refractivity contribution in [1.82, 2.24) is 0 Å². The van der Waals surface area contributed by atoms with Gasteiger partial charge in [-0.25, -0.2) is 0 Å². The number of rotatable bonds is 9. The normalized spacial score (nSPS) is 12.4. The highest BCUT2D eigenvalue weighted by molar-refractivity contribution is 7.86. The van der Waals surface area contributed by atoms with Gasteiger partial charge in [0.05, 0.1) is 22.9 Å².